The van der Waals surface area contributed by atoms with E-state index in [9.17, 15) is 5.11 Å². The zero-order valence-electron chi connectivity index (χ0n) is 11.8. The predicted molar refractivity (Wildman–Crippen MR) is 75.5 cm³/mol. The van der Waals surface area contributed by atoms with E-state index in [-0.39, 0.29) is 0 Å². The van der Waals surface area contributed by atoms with Gasteiger partial charge in [-0.1, -0.05) is 6.07 Å². The number of ether oxygens (including phenoxy) is 1. The zero-order valence-corrected chi connectivity index (χ0v) is 11.8. The van der Waals surface area contributed by atoms with Gasteiger partial charge in [-0.3, -0.25) is 4.98 Å². The van der Waals surface area contributed by atoms with Crippen LogP contribution in [0, 0.1) is 20.8 Å². The number of methoxy groups -OCH3 is 1. The summed E-state index contributed by atoms with van der Waals surface area (Å²) in [6.07, 6.45) is 2.76. The minimum absolute atomic E-state index is 0.696. The fraction of sp³-hybridized carbons (Fsp3) is 0.312. The predicted octanol–water partition coefficient (Wildman–Crippen LogP) is 3.10. The number of aliphatic hydroxyl groups excluding tert-OH is 1. The lowest BCUT2D eigenvalue weighted by Crippen LogP contribution is -2.07. The highest BCUT2D eigenvalue weighted by Gasteiger charge is 2.19. The Hall–Kier alpha value is -1.87. The Balaban J connectivity index is 2.56. The van der Waals surface area contributed by atoms with Crippen molar-refractivity contribution in [3.05, 3.63) is 58.4 Å². The molecule has 1 atom stereocenters. The number of rotatable bonds is 3. The molecule has 100 valence electrons. The summed E-state index contributed by atoms with van der Waals surface area (Å²) in [7, 11) is 1.63. The molecular formula is C16H19NO2. The van der Waals surface area contributed by atoms with Gasteiger partial charge < -0.3 is 9.84 Å². The number of aromatic nitrogens is 1. The molecule has 0 radical (unpaired) electrons. The van der Waals surface area contributed by atoms with E-state index in [0.717, 1.165) is 33.6 Å². The van der Waals surface area contributed by atoms with Gasteiger partial charge >= 0.3 is 0 Å². The summed E-state index contributed by atoms with van der Waals surface area (Å²) in [5.41, 5.74) is 4.80. The maximum absolute atomic E-state index is 10.6. The Morgan fingerprint density at radius 3 is 2.53 bits per heavy atom. The molecule has 0 amide bonds. The second-order valence-corrected chi connectivity index (χ2v) is 4.83. The lowest BCUT2D eigenvalue weighted by Gasteiger charge is -2.19. The van der Waals surface area contributed by atoms with Crippen molar-refractivity contribution >= 4 is 0 Å². The van der Waals surface area contributed by atoms with E-state index in [2.05, 4.69) is 11.1 Å². The van der Waals surface area contributed by atoms with E-state index < -0.39 is 6.10 Å². The number of hydrogen-bond acceptors (Lipinski definition) is 3. The van der Waals surface area contributed by atoms with Gasteiger partial charge in [0.15, 0.2) is 0 Å². The standard InChI is InChI=1S/C16H19NO2/c1-10-7-11(2)15(14(8-10)19-4)16(18)13-5-6-17-9-12(13)3/h5-9,16,18H,1-4H3. The molecule has 0 saturated heterocycles. The Labute approximate surface area is 113 Å². The molecule has 1 aromatic carbocycles. The largest absolute Gasteiger partial charge is 0.496 e. The number of nitrogens with zero attached hydrogens (tertiary/aromatic N) is 1. The molecule has 1 N–H and O–H groups in total. The number of benzene rings is 1. The highest BCUT2D eigenvalue weighted by atomic mass is 16.5. The van der Waals surface area contributed by atoms with Gasteiger partial charge in [-0.05, 0) is 55.2 Å². The molecular weight excluding hydrogens is 238 g/mol. The molecule has 0 aliphatic carbocycles. The molecule has 1 heterocycles. The lowest BCUT2D eigenvalue weighted by atomic mass is 9.93. The summed E-state index contributed by atoms with van der Waals surface area (Å²) in [5.74, 6) is 0.723. The third-order valence-electron chi connectivity index (χ3n) is 3.34. The molecule has 1 unspecified atom stereocenters. The molecule has 0 aliphatic heterocycles. The number of aryl methyl sites for hydroxylation is 3. The summed E-state index contributed by atoms with van der Waals surface area (Å²) in [6, 6.07) is 5.85. The van der Waals surface area contributed by atoms with Gasteiger partial charge in [-0.2, -0.15) is 0 Å². The van der Waals surface area contributed by atoms with Crippen molar-refractivity contribution in [2.45, 2.75) is 26.9 Å². The third kappa shape index (κ3) is 2.61. The van der Waals surface area contributed by atoms with E-state index in [4.69, 9.17) is 4.74 Å². The van der Waals surface area contributed by atoms with Gasteiger partial charge in [0.25, 0.3) is 0 Å². The summed E-state index contributed by atoms with van der Waals surface area (Å²) < 4.78 is 5.41. The first-order valence-corrected chi connectivity index (χ1v) is 6.28. The second kappa shape index (κ2) is 5.41. The van der Waals surface area contributed by atoms with Crippen LogP contribution in [-0.4, -0.2) is 17.2 Å². The van der Waals surface area contributed by atoms with Gasteiger partial charge in [0.1, 0.15) is 11.9 Å². The van der Waals surface area contributed by atoms with Crippen LogP contribution in [0.1, 0.15) is 33.9 Å². The van der Waals surface area contributed by atoms with Crippen LogP contribution < -0.4 is 4.74 Å². The summed E-state index contributed by atoms with van der Waals surface area (Å²) in [6.45, 7) is 5.95. The molecule has 0 bridgehead atoms. The summed E-state index contributed by atoms with van der Waals surface area (Å²) in [5, 5.41) is 10.6. The van der Waals surface area contributed by atoms with E-state index in [1.54, 1.807) is 19.5 Å². The first-order valence-electron chi connectivity index (χ1n) is 6.28. The van der Waals surface area contributed by atoms with Crippen molar-refractivity contribution in [3.8, 4) is 5.75 Å². The van der Waals surface area contributed by atoms with Crippen LogP contribution in [-0.2, 0) is 0 Å². The zero-order chi connectivity index (χ0) is 14.0. The first kappa shape index (κ1) is 13.6. The first-order chi connectivity index (χ1) is 9.04. The molecule has 2 aromatic rings. The molecule has 1 aromatic heterocycles. The van der Waals surface area contributed by atoms with Crippen molar-refractivity contribution in [3.63, 3.8) is 0 Å². The van der Waals surface area contributed by atoms with Gasteiger partial charge in [0, 0.05) is 18.0 Å². The van der Waals surface area contributed by atoms with Crippen molar-refractivity contribution < 1.29 is 9.84 Å². The van der Waals surface area contributed by atoms with Crippen LogP contribution in [0.4, 0.5) is 0 Å². The van der Waals surface area contributed by atoms with Crippen molar-refractivity contribution in [1.82, 2.24) is 4.98 Å². The van der Waals surface area contributed by atoms with Crippen molar-refractivity contribution in [2.24, 2.45) is 0 Å². The minimum atomic E-state index is -0.696. The number of pyridine rings is 1. The highest BCUT2D eigenvalue weighted by Crippen LogP contribution is 2.34. The van der Waals surface area contributed by atoms with Crippen LogP contribution in [0.15, 0.2) is 30.6 Å². The van der Waals surface area contributed by atoms with Gasteiger partial charge in [0.05, 0.1) is 7.11 Å². The SMILES string of the molecule is COc1cc(C)cc(C)c1C(O)c1ccncc1C. The molecule has 0 saturated carbocycles. The molecule has 3 heteroatoms. The fourth-order valence-electron chi connectivity index (χ4n) is 2.41. The highest BCUT2D eigenvalue weighted by molar-refractivity contribution is 5.48. The molecule has 0 spiro atoms. The third-order valence-corrected chi connectivity index (χ3v) is 3.34. The van der Waals surface area contributed by atoms with Crippen LogP contribution in [0.25, 0.3) is 0 Å². The quantitative estimate of drug-likeness (QED) is 0.918. The smallest absolute Gasteiger partial charge is 0.125 e. The van der Waals surface area contributed by atoms with E-state index in [0.29, 0.717) is 0 Å². The fourth-order valence-corrected chi connectivity index (χ4v) is 2.41. The minimum Gasteiger partial charge on any atom is -0.496 e. The Morgan fingerprint density at radius 1 is 1.16 bits per heavy atom. The Bertz CT molecular complexity index is 593. The van der Waals surface area contributed by atoms with E-state index in [1.165, 1.54) is 0 Å². The number of aliphatic hydroxyl groups is 1. The lowest BCUT2D eigenvalue weighted by molar-refractivity contribution is 0.213. The van der Waals surface area contributed by atoms with E-state index >= 15 is 0 Å². The molecule has 0 aliphatic rings. The van der Waals surface area contributed by atoms with E-state index in [1.807, 2.05) is 32.9 Å². The summed E-state index contributed by atoms with van der Waals surface area (Å²) >= 11 is 0. The maximum atomic E-state index is 10.6. The summed E-state index contributed by atoms with van der Waals surface area (Å²) in [4.78, 5) is 4.06. The Kier molecular flexibility index (Phi) is 3.86. The topological polar surface area (TPSA) is 42.4 Å². The monoisotopic (exact) mass is 257 g/mol. The van der Waals surface area contributed by atoms with Gasteiger partial charge in [0.2, 0.25) is 0 Å². The Morgan fingerprint density at radius 2 is 1.89 bits per heavy atom. The average Bonchev–Trinajstić information content (AvgIpc) is 2.37. The van der Waals surface area contributed by atoms with Crippen molar-refractivity contribution in [2.75, 3.05) is 7.11 Å². The maximum Gasteiger partial charge on any atom is 0.125 e. The van der Waals surface area contributed by atoms with Crippen LogP contribution in [0.3, 0.4) is 0 Å². The molecule has 19 heavy (non-hydrogen) atoms. The molecule has 2 rings (SSSR count). The number of hydrogen-bond donors (Lipinski definition) is 1. The normalized spacial score (nSPS) is 12.3. The van der Waals surface area contributed by atoms with Crippen LogP contribution in [0.5, 0.6) is 5.75 Å². The molecule has 3 nitrogen and oxygen atoms in total. The van der Waals surface area contributed by atoms with Gasteiger partial charge in [-0.15, -0.1) is 0 Å². The van der Waals surface area contributed by atoms with Crippen LogP contribution in [0.2, 0.25) is 0 Å². The van der Waals surface area contributed by atoms with Gasteiger partial charge in [-0.25, -0.2) is 0 Å². The average molecular weight is 257 g/mol. The second-order valence-electron chi connectivity index (χ2n) is 4.83. The van der Waals surface area contributed by atoms with Crippen molar-refractivity contribution in [1.29, 1.82) is 0 Å². The van der Waals surface area contributed by atoms with Crippen LogP contribution >= 0.6 is 0 Å². The molecule has 0 fully saturated rings.